The molecule has 0 amide bonds. The first-order valence-corrected chi connectivity index (χ1v) is 9.53. The summed E-state index contributed by atoms with van der Waals surface area (Å²) in [6, 6.07) is 7.23. The molecule has 7 heteroatoms. The van der Waals surface area contributed by atoms with Gasteiger partial charge in [0.15, 0.2) is 5.65 Å². The van der Waals surface area contributed by atoms with Crippen molar-refractivity contribution in [1.82, 2.24) is 19.5 Å². The van der Waals surface area contributed by atoms with Gasteiger partial charge in [0.1, 0.15) is 24.0 Å². The molecule has 4 heterocycles. The predicted molar refractivity (Wildman–Crippen MR) is 102 cm³/mol. The summed E-state index contributed by atoms with van der Waals surface area (Å²) in [6.45, 7) is 3.63. The van der Waals surface area contributed by atoms with Crippen molar-refractivity contribution in [3.05, 3.63) is 42.5 Å². The zero-order valence-corrected chi connectivity index (χ0v) is 15.1. The van der Waals surface area contributed by atoms with E-state index < -0.39 is 0 Å². The van der Waals surface area contributed by atoms with Crippen LogP contribution < -0.4 is 10.1 Å². The van der Waals surface area contributed by atoms with E-state index in [-0.39, 0.29) is 5.82 Å². The summed E-state index contributed by atoms with van der Waals surface area (Å²) >= 11 is 0. The van der Waals surface area contributed by atoms with Crippen LogP contribution in [0.3, 0.4) is 0 Å². The first kappa shape index (κ1) is 16.5. The summed E-state index contributed by atoms with van der Waals surface area (Å²) in [5.41, 5.74) is 1.76. The number of nitrogens with zero attached hydrogens (tertiary/aromatic N) is 4. The number of benzene rings is 1. The molecule has 1 N–H and O–H groups in total. The Kier molecular flexibility index (Phi) is 4.16. The zero-order valence-electron chi connectivity index (χ0n) is 15.1. The summed E-state index contributed by atoms with van der Waals surface area (Å²) in [7, 11) is 0. The van der Waals surface area contributed by atoms with Crippen LogP contribution in [0.25, 0.3) is 16.8 Å². The monoisotopic (exact) mass is 367 g/mol. The van der Waals surface area contributed by atoms with E-state index in [4.69, 9.17) is 4.74 Å². The van der Waals surface area contributed by atoms with Crippen molar-refractivity contribution in [3.63, 3.8) is 0 Å². The van der Waals surface area contributed by atoms with Crippen molar-refractivity contribution in [2.24, 2.45) is 0 Å². The molecule has 0 saturated carbocycles. The van der Waals surface area contributed by atoms with Crippen molar-refractivity contribution in [1.29, 1.82) is 0 Å². The molecule has 27 heavy (non-hydrogen) atoms. The lowest BCUT2D eigenvalue weighted by Gasteiger charge is -2.24. The highest BCUT2D eigenvalue weighted by Gasteiger charge is 2.25. The Hall–Kier alpha value is -2.67. The molecule has 2 aliphatic heterocycles. The molecule has 1 aromatic carbocycles. The van der Waals surface area contributed by atoms with Gasteiger partial charge in [0.05, 0.1) is 6.20 Å². The molecule has 1 atom stereocenters. The molecule has 2 aliphatic rings. The molecular formula is C20H22FN5O. The normalized spacial score (nSPS) is 20.6. The number of nitrogens with one attached hydrogen (secondary N) is 1. The summed E-state index contributed by atoms with van der Waals surface area (Å²) in [6.07, 6.45) is 6.89. The molecule has 140 valence electrons. The van der Waals surface area contributed by atoms with Crippen molar-refractivity contribution < 1.29 is 9.13 Å². The van der Waals surface area contributed by atoms with Crippen LogP contribution >= 0.6 is 0 Å². The van der Waals surface area contributed by atoms with Gasteiger partial charge < -0.3 is 10.1 Å². The average Bonchev–Trinajstić information content (AvgIpc) is 3.30. The van der Waals surface area contributed by atoms with Gasteiger partial charge >= 0.3 is 0 Å². The zero-order chi connectivity index (χ0) is 18.2. The number of rotatable bonds is 0. The van der Waals surface area contributed by atoms with Crippen molar-refractivity contribution in [2.45, 2.75) is 25.3 Å². The molecule has 3 aromatic rings. The highest BCUT2D eigenvalue weighted by Crippen LogP contribution is 2.30. The Bertz CT molecular complexity index is 972. The quantitative estimate of drug-likeness (QED) is 0.661. The van der Waals surface area contributed by atoms with E-state index >= 15 is 0 Å². The topological polar surface area (TPSA) is 54.7 Å². The fraction of sp³-hybridized carbons (Fsp3) is 0.400. The van der Waals surface area contributed by atoms with Gasteiger partial charge in [-0.1, -0.05) is 0 Å². The van der Waals surface area contributed by atoms with Crippen LogP contribution in [0.15, 0.2) is 36.7 Å². The highest BCUT2D eigenvalue weighted by molar-refractivity contribution is 5.78. The minimum atomic E-state index is -0.302. The van der Waals surface area contributed by atoms with E-state index in [9.17, 15) is 4.39 Å². The van der Waals surface area contributed by atoms with Gasteiger partial charge in [0.25, 0.3) is 0 Å². The molecule has 1 saturated heterocycles. The number of halogens is 1. The van der Waals surface area contributed by atoms with Crippen molar-refractivity contribution >= 4 is 11.5 Å². The maximum atomic E-state index is 14.6. The lowest BCUT2D eigenvalue weighted by atomic mass is 10.1. The fourth-order valence-electron chi connectivity index (χ4n) is 4.03. The Balaban J connectivity index is 1.58. The SMILES string of the molecule is Fc1ccc2cc1-c1cnn3ccc(nc13)NCCCN1CCC[C@H]1CO2. The minimum absolute atomic E-state index is 0.302. The summed E-state index contributed by atoms with van der Waals surface area (Å²) in [5.74, 6) is 1.16. The Morgan fingerprint density at radius 1 is 1.15 bits per heavy atom. The lowest BCUT2D eigenvalue weighted by Crippen LogP contribution is -2.35. The first-order valence-electron chi connectivity index (χ1n) is 9.53. The van der Waals surface area contributed by atoms with E-state index in [1.54, 1.807) is 22.8 Å². The largest absolute Gasteiger partial charge is 0.492 e. The van der Waals surface area contributed by atoms with Crippen LogP contribution in [0.2, 0.25) is 0 Å². The summed E-state index contributed by atoms with van der Waals surface area (Å²) in [5, 5.41) is 7.70. The average molecular weight is 367 g/mol. The van der Waals surface area contributed by atoms with Crippen LogP contribution in [0, 0.1) is 5.82 Å². The van der Waals surface area contributed by atoms with Gasteiger partial charge in [0, 0.05) is 36.5 Å². The van der Waals surface area contributed by atoms with Crippen LogP contribution in [-0.2, 0) is 0 Å². The van der Waals surface area contributed by atoms with Gasteiger partial charge in [-0.2, -0.15) is 5.10 Å². The summed E-state index contributed by atoms with van der Waals surface area (Å²) in [4.78, 5) is 7.15. The maximum Gasteiger partial charge on any atom is 0.165 e. The van der Waals surface area contributed by atoms with Crippen molar-refractivity contribution in [2.75, 3.05) is 31.6 Å². The number of aromatic nitrogens is 3. The number of fused-ring (bicyclic) bond motifs is 5. The maximum absolute atomic E-state index is 14.6. The van der Waals surface area contributed by atoms with Crippen molar-refractivity contribution in [3.8, 4) is 16.9 Å². The Morgan fingerprint density at radius 2 is 2.07 bits per heavy atom. The molecule has 2 aromatic heterocycles. The Labute approximate surface area is 157 Å². The van der Waals surface area contributed by atoms with Crippen LogP contribution in [0.1, 0.15) is 19.3 Å². The minimum Gasteiger partial charge on any atom is -0.492 e. The number of hydrogen-bond acceptors (Lipinski definition) is 5. The molecule has 5 rings (SSSR count). The second-order valence-electron chi connectivity index (χ2n) is 7.20. The molecule has 6 nitrogen and oxygen atoms in total. The molecule has 1 fully saturated rings. The molecule has 0 aliphatic carbocycles. The van der Waals surface area contributed by atoms with Crippen LogP contribution in [0.4, 0.5) is 10.2 Å². The number of ether oxygens (including phenoxy) is 1. The van der Waals surface area contributed by atoms with E-state index in [0.29, 0.717) is 35.2 Å². The van der Waals surface area contributed by atoms with E-state index in [0.717, 1.165) is 38.3 Å². The summed E-state index contributed by atoms with van der Waals surface area (Å²) < 4.78 is 22.3. The van der Waals surface area contributed by atoms with Gasteiger partial charge in [-0.3, -0.25) is 4.90 Å². The number of hydrogen-bond donors (Lipinski definition) is 1. The van der Waals surface area contributed by atoms with Gasteiger partial charge in [-0.25, -0.2) is 13.9 Å². The molecule has 0 spiro atoms. The second kappa shape index (κ2) is 6.81. The van der Waals surface area contributed by atoms with Gasteiger partial charge in [-0.05, 0) is 50.1 Å². The van der Waals surface area contributed by atoms with Gasteiger partial charge in [-0.15, -0.1) is 0 Å². The molecule has 0 unspecified atom stereocenters. The van der Waals surface area contributed by atoms with Crippen LogP contribution in [0.5, 0.6) is 5.75 Å². The standard InChI is InChI=1S/C20H22FN5O/c21-18-5-4-15-11-16(18)17-12-23-26-10-6-19(24-20(17)26)22-7-2-9-25-8-1-3-14(25)13-27-15/h4-6,10-12,14H,1-3,7-9,13H2,(H,22,24)/t14-/m0/s1. The predicted octanol–water partition coefficient (Wildman–Crippen LogP) is 3.19. The Morgan fingerprint density at radius 3 is 3.04 bits per heavy atom. The van der Waals surface area contributed by atoms with E-state index in [1.807, 2.05) is 12.3 Å². The fourth-order valence-corrected chi connectivity index (χ4v) is 4.03. The smallest absolute Gasteiger partial charge is 0.165 e. The van der Waals surface area contributed by atoms with E-state index in [2.05, 4.69) is 20.3 Å². The number of anilines is 1. The third-order valence-corrected chi connectivity index (χ3v) is 5.47. The first-order chi connectivity index (χ1) is 13.3. The third-order valence-electron chi connectivity index (χ3n) is 5.47. The molecular weight excluding hydrogens is 345 g/mol. The second-order valence-corrected chi connectivity index (χ2v) is 7.20. The third kappa shape index (κ3) is 3.12. The highest BCUT2D eigenvalue weighted by atomic mass is 19.1. The van der Waals surface area contributed by atoms with Gasteiger partial charge in [0.2, 0.25) is 0 Å². The lowest BCUT2D eigenvalue weighted by molar-refractivity contribution is 0.172. The molecule has 0 radical (unpaired) electrons. The van der Waals surface area contributed by atoms with Crippen LogP contribution in [-0.4, -0.2) is 51.8 Å². The van der Waals surface area contributed by atoms with E-state index in [1.165, 1.54) is 12.5 Å². The molecule has 4 bridgehead atoms.